The Balaban J connectivity index is 1.82. The molecular weight excluding hydrogens is 377 g/mol. The lowest BCUT2D eigenvalue weighted by Crippen LogP contribution is -2.25. The number of fused-ring (bicyclic) bond motifs is 1. The SMILES string of the molecule is Fc1ccc(Cn2nc(-c3ccccc3C(F)(F)F)c3c2CCNC3)cc1F. The zero-order chi connectivity index (χ0) is 19.9. The molecule has 0 atom stereocenters. The normalized spacial score (nSPS) is 14.2. The summed E-state index contributed by atoms with van der Waals surface area (Å²) in [6.45, 7) is 1.21. The van der Waals surface area contributed by atoms with E-state index in [2.05, 4.69) is 10.4 Å². The lowest BCUT2D eigenvalue weighted by atomic mass is 9.98. The molecule has 0 spiro atoms. The van der Waals surface area contributed by atoms with Crippen LogP contribution in [-0.4, -0.2) is 16.3 Å². The number of halogens is 5. The summed E-state index contributed by atoms with van der Waals surface area (Å²) in [5, 5.41) is 7.60. The Bertz CT molecular complexity index is 1020. The topological polar surface area (TPSA) is 29.9 Å². The Hall–Kier alpha value is -2.74. The fraction of sp³-hybridized carbons (Fsp3) is 0.250. The third kappa shape index (κ3) is 3.40. The van der Waals surface area contributed by atoms with Gasteiger partial charge in [-0.3, -0.25) is 4.68 Å². The number of benzene rings is 2. The standard InChI is InChI=1S/C20H16F5N3/c21-16-6-5-12(9-17(16)22)11-28-18-7-8-26-10-14(18)19(27-28)13-3-1-2-4-15(13)20(23,24)25/h1-6,9,26H,7-8,10-11H2. The molecular formula is C20H16F5N3. The molecule has 4 rings (SSSR count). The van der Waals surface area contributed by atoms with E-state index in [0.29, 0.717) is 30.6 Å². The first-order valence-electron chi connectivity index (χ1n) is 8.74. The van der Waals surface area contributed by atoms with Crippen LogP contribution < -0.4 is 5.32 Å². The van der Waals surface area contributed by atoms with Crippen molar-refractivity contribution in [2.24, 2.45) is 0 Å². The Labute approximate surface area is 157 Å². The molecule has 0 fully saturated rings. The summed E-state index contributed by atoms with van der Waals surface area (Å²) in [5.74, 6) is -1.92. The zero-order valence-corrected chi connectivity index (χ0v) is 14.7. The van der Waals surface area contributed by atoms with Crippen molar-refractivity contribution >= 4 is 0 Å². The fourth-order valence-electron chi connectivity index (χ4n) is 3.51. The Kier molecular flexibility index (Phi) is 4.66. The van der Waals surface area contributed by atoms with Crippen LogP contribution in [0.2, 0.25) is 0 Å². The van der Waals surface area contributed by atoms with Crippen molar-refractivity contribution in [1.29, 1.82) is 0 Å². The van der Waals surface area contributed by atoms with Crippen LogP contribution in [0.1, 0.15) is 22.4 Å². The Morgan fingerprint density at radius 3 is 2.57 bits per heavy atom. The highest BCUT2D eigenvalue weighted by Gasteiger charge is 2.35. The number of hydrogen-bond acceptors (Lipinski definition) is 2. The predicted octanol–water partition coefficient (Wildman–Crippen LogP) is 4.54. The van der Waals surface area contributed by atoms with E-state index < -0.39 is 23.4 Å². The summed E-state index contributed by atoms with van der Waals surface area (Å²) >= 11 is 0. The largest absolute Gasteiger partial charge is 0.417 e. The first-order chi connectivity index (χ1) is 13.3. The lowest BCUT2D eigenvalue weighted by Gasteiger charge is -2.17. The average molecular weight is 393 g/mol. The molecule has 1 aliphatic rings. The first-order valence-corrected chi connectivity index (χ1v) is 8.74. The maximum absolute atomic E-state index is 13.5. The highest BCUT2D eigenvalue weighted by atomic mass is 19.4. The van der Waals surface area contributed by atoms with Crippen molar-refractivity contribution in [2.75, 3.05) is 6.54 Å². The van der Waals surface area contributed by atoms with Crippen molar-refractivity contribution < 1.29 is 22.0 Å². The van der Waals surface area contributed by atoms with Gasteiger partial charge in [0.15, 0.2) is 11.6 Å². The van der Waals surface area contributed by atoms with Gasteiger partial charge in [0.1, 0.15) is 0 Å². The molecule has 1 N–H and O–H groups in total. The second-order valence-corrected chi connectivity index (χ2v) is 6.65. The number of nitrogens with one attached hydrogen (secondary N) is 1. The van der Waals surface area contributed by atoms with Gasteiger partial charge in [0.05, 0.1) is 17.8 Å². The van der Waals surface area contributed by atoms with Gasteiger partial charge in [0.25, 0.3) is 0 Å². The minimum Gasteiger partial charge on any atom is -0.312 e. The van der Waals surface area contributed by atoms with E-state index in [1.807, 2.05) is 0 Å². The van der Waals surface area contributed by atoms with Crippen molar-refractivity contribution in [3.05, 3.63) is 76.5 Å². The van der Waals surface area contributed by atoms with Gasteiger partial charge in [0.2, 0.25) is 0 Å². The summed E-state index contributed by atoms with van der Waals surface area (Å²) in [4.78, 5) is 0. The van der Waals surface area contributed by atoms with Crippen LogP contribution >= 0.6 is 0 Å². The Morgan fingerprint density at radius 1 is 1.04 bits per heavy atom. The number of rotatable bonds is 3. The van der Waals surface area contributed by atoms with Crippen LogP contribution in [0.3, 0.4) is 0 Å². The summed E-state index contributed by atoms with van der Waals surface area (Å²) in [7, 11) is 0. The highest BCUT2D eigenvalue weighted by Crippen LogP contribution is 2.38. The molecule has 0 saturated carbocycles. The third-order valence-electron chi connectivity index (χ3n) is 4.81. The molecule has 0 saturated heterocycles. The number of alkyl halides is 3. The second-order valence-electron chi connectivity index (χ2n) is 6.65. The molecule has 28 heavy (non-hydrogen) atoms. The lowest BCUT2D eigenvalue weighted by molar-refractivity contribution is -0.137. The molecule has 0 unspecified atom stereocenters. The van der Waals surface area contributed by atoms with Gasteiger partial charge < -0.3 is 5.32 Å². The molecule has 3 nitrogen and oxygen atoms in total. The summed E-state index contributed by atoms with van der Waals surface area (Å²) < 4.78 is 68.7. The van der Waals surface area contributed by atoms with E-state index in [1.165, 1.54) is 18.2 Å². The zero-order valence-electron chi connectivity index (χ0n) is 14.7. The third-order valence-corrected chi connectivity index (χ3v) is 4.81. The molecule has 1 aliphatic heterocycles. The van der Waals surface area contributed by atoms with Crippen molar-refractivity contribution in [1.82, 2.24) is 15.1 Å². The van der Waals surface area contributed by atoms with Crippen molar-refractivity contribution in [2.45, 2.75) is 25.7 Å². The van der Waals surface area contributed by atoms with E-state index in [0.717, 1.165) is 23.9 Å². The minimum absolute atomic E-state index is 0.0130. The van der Waals surface area contributed by atoms with Crippen LogP contribution in [0.5, 0.6) is 0 Å². The molecule has 8 heteroatoms. The number of aromatic nitrogens is 2. The minimum atomic E-state index is -4.50. The summed E-state index contributed by atoms with van der Waals surface area (Å²) in [6, 6.07) is 8.87. The van der Waals surface area contributed by atoms with E-state index in [1.54, 1.807) is 10.7 Å². The van der Waals surface area contributed by atoms with Crippen molar-refractivity contribution in [3.8, 4) is 11.3 Å². The Morgan fingerprint density at radius 2 is 1.82 bits per heavy atom. The van der Waals surface area contributed by atoms with Crippen LogP contribution in [-0.2, 0) is 25.7 Å². The van der Waals surface area contributed by atoms with Gasteiger partial charge in [-0.1, -0.05) is 24.3 Å². The molecule has 2 heterocycles. The highest BCUT2D eigenvalue weighted by molar-refractivity contribution is 5.69. The number of hydrogen-bond donors (Lipinski definition) is 1. The van der Waals surface area contributed by atoms with Gasteiger partial charge in [0, 0.05) is 36.3 Å². The predicted molar refractivity (Wildman–Crippen MR) is 93.5 cm³/mol. The first kappa shape index (κ1) is 18.6. The molecule has 0 radical (unpaired) electrons. The molecule has 1 aromatic heterocycles. The average Bonchev–Trinajstić information content (AvgIpc) is 3.03. The second kappa shape index (κ2) is 7.01. The van der Waals surface area contributed by atoms with E-state index in [4.69, 9.17) is 0 Å². The smallest absolute Gasteiger partial charge is 0.312 e. The van der Waals surface area contributed by atoms with Gasteiger partial charge in [-0.05, 0) is 23.8 Å². The molecule has 3 aromatic rings. The van der Waals surface area contributed by atoms with Gasteiger partial charge >= 0.3 is 6.18 Å². The van der Waals surface area contributed by atoms with E-state index in [9.17, 15) is 22.0 Å². The molecule has 0 bridgehead atoms. The monoisotopic (exact) mass is 393 g/mol. The van der Waals surface area contributed by atoms with E-state index in [-0.39, 0.29) is 17.8 Å². The number of nitrogens with zero attached hydrogens (tertiary/aromatic N) is 2. The van der Waals surface area contributed by atoms with Crippen LogP contribution in [0.4, 0.5) is 22.0 Å². The maximum atomic E-state index is 13.5. The van der Waals surface area contributed by atoms with Gasteiger partial charge in [-0.25, -0.2) is 8.78 Å². The molecule has 0 amide bonds. The summed E-state index contributed by atoms with van der Waals surface area (Å²) in [6.07, 6.45) is -3.92. The van der Waals surface area contributed by atoms with Crippen molar-refractivity contribution in [3.63, 3.8) is 0 Å². The fourth-order valence-corrected chi connectivity index (χ4v) is 3.51. The van der Waals surface area contributed by atoms with Crippen LogP contribution in [0.25, 0.3) is 11.3 Å². The molecule has 0 aliphatic carbocycles. The van der Waals surface area contributed by atoms with E-state index >= 15 is 0 Å². The van der Waals surface area contributed by atoms with Crippen LogP contribution in [0.15, 0.2) is 42.5 Å². The quantitative estimate of drug-likeness (QED) is 0.662. The van der Waals surface area contributed by atoms with Crippen LogP contribution in [0, 0.1) is 11.6 Å². The van der Waals surface area contributed by atoms with Gasteiger partial charge in [-0.15, -0.1) is 0 Å². The summed E-state index contributed by atoms with van der Waals surface area (Å²) in [5.41, 5.74) is 1.51. The molecule has 2 aromatic carbocycles. The van der Waals surface area contributed by atoms with Gasteiger partial charge in [-0.2, -0.15) is 18.3 Å². The molecule has 146 valence electrons. The maximum Gasteiger partial charge on any atom is 0.417 e.